The van der Waals surface area contributed by atoms with Crippen LogP contribution in [-0.2, 0) is 20.9 Å². The molecule has 1 fully saturated rings. The molecule has 1 aromatic heterocycles. The number of methoxy groups -OCH3 is 1. The molecule has 6 heteroatoms. The predicted octanol–water partition coefficient (Wildman–Crippen LogP) is 1.12. The second-order valence-electron chi connectivity index (χ2n) is 5.34. The van der Waals surface area contributed by atoms with Gasteiger partial charge < -0.3 is 19.0 Å². The summed E-state index contributed by atoms with van der Waals surface area (Å²) in [5.74, 6) is 0.536. The van der Waals surface area contributed by atoms with Crippen LogP contribution in [0.3, 0.4) is 0 Å². The molecule has 1 atom stereocenters. The molecule has 1 saturated heterocycles. The lowest BCUT2D eigenvalue weighted by atomic mass is 9.95. The van der Waals surface area contributed by atoms with Gasteiger partial charge in [0.1, 0.15) is 5.76 Å². The van der Waals surface area contributed by atoms with Gasteiger partial charge >= 0.3 is 0 Å². The molecule has 116 valence electrons. The maximum Gasteiger partial charge on any atom is 0.226 e. The topological polar surface area (TPSA) is 63.0 Å². The summed E-state index contributed by atoms with van der Waals surface area (Å²) in [4.78, 5) is 27.8. The van der Waals surface area contributed by atoms with Crippen molar-refractivity contribution in [1.29, 1.82) is 0 Å². The number of rotatable bonds is 6. The van der Waals surface area contributed by atoms with Gasteiger partial charge in [0.2, 0.25) is 11.8 Å². The lowest BCUT2D eigenvalue weighted by molar-refractivity contribution is -0.145. The first-order valence-corrected chi connectivity index (χ1v) is 7.16. The van der Waals surface area contributed by atoms with Crippen molar-refractivity contribution in [2.75, 3.05) is 33.9 Å². The van der Waals surface area contributed by atoms with Crippen molar-refractivity contribution in [3.8, 4) is 0 Å². The van der Waals surface area contributed by atoms with Crippen LogP contribution in [0.25, 0.3) is 0 Å². The third kappa shape index (κ3) is 4.07. The zero-order chi connectivity index (χ0) is 15.2. The Balaban J connectivity index is 2.01. The van der Waals surface area contributed by atoms with Crippen LogP contribution in [0.2, 0.25) is 0 Å². The molecule has 0 unspecified atom stereocenters. The van der Waals surface area contributed by atoms with Crippen molar-refractivity contribution in [2.24, 2.45) is 5.92 Å². The van der Waals surface area contributed by atoms with Crippen molar-refractivity contribution >= 4 is 11.8 Å². The SMILES string of the molecule is COCCN(Cc1ccco1)C(=O)[C@@H]1CCN(C)C(=O)C1. The van der Waals surface area contributed by atoms with E-state index in [1.165, 1.54) is 0 Å². The number of nitrogens with zero attached hydrogens (tertiary/aromatic N) is 2. The molecule has 0 bridgehead atoms. The number of likely N-dealkylation sites (tertiary alicyclic amines) is 1. The molecule has 0 spiro atoms. The average Bonchev–Trinajstić information content (AvgIpc) is 2.98. The van der Waals surface area contributed by atoms with Crippen LogP contribution in [0, 0.1) is 5.92 Å². The van der Waals surface area contributed by atoms with Gasteiger partial charge in [-0.2, -0.15) is 0 Å². The van der Waals surface area contributed by atoms with Crippen molar-refractivity contribution in [3.05, 3.63) is 24.2 Å². The van der Waals surface area contributed by atoms with Crippen LogP contribution < -0.4 is 0 Å². The molecule has 2 heterocycles. The Kier molecular flexibility index (Phi) is 5.38. The largest absolute Gasteiger partial charge is 0.467 e. The normalized spacial score (nSPS) is 18.9. The number of hydrogen-bond donors (Lipinski definition) is 0. The quantitative estimate of drug-likeness (QED) is 0.789. The Hall–Kier alpha value is -1.82. The van der Waals surface area contributed by atoms with E-state index in [2.05, 4.69) is 0 Å². The first-order valence-electron chi connectivity index (χ1n) is 7.16. The molecule has 1 aliphatic heterocycles. The summed E-state index contributed by atoms with van der Waals surface area (Å²) >= 11 is 0. The summed E-state index contributed by atoms with van der Waals surface area (Å²) < 4.78 is 10.4. The molecule has 0 N–H and O–H groups in total. The summed E-state index contributed by atoms with van der Waals surface area (Å²) in [6, 6.07) is 3.64. The molecule has 1 aliphatic rings. The Morgan fingerprint density at radius 2 is 2.38 bits per heavy atom. The summed E-state index contributed by atoms with van der Waals surface area (Å²) in [6.07, 6.45) is 2.59. The molecular formula is C15H22N2O4. The lowest BCUT2D eigenvalue weighted by Crippen LogP contribution is -2.44. The highest BCUT2D eigenvalue weighted by Crippen LogP contribution is 2.21. The van der Waals surface area contributed by atoms with Gasteiger partial charge in [0, 0.05) is 39.6 Å². The van der Waals surface area contributed by atoms with Crippen LogP contribution in [-0.4, -0.2) is 55.5 Å². The highest BCUT2D eigenvalue weighted by atomic mass is 16.5. The second-order valence-corrected chi connectivity index (χ2v) is 5.34. The molecule has 0 saturated carbocycles. The highest BCUT2D eigenvalue weighted by molar-refractivity contribution is 5.86. The smallest absolute Gasteiger partial charge is 0.226 e. The molecular weight excluding hydrogens is 272 g/mol. The van der Waals surface area contributed by atoms with Gasteiger partial charge in [-0.3, -0.25) is 9.59 Å². The number of ether oxygens (including phenoxy) is 1. The zero-order valence-corrected chi connectivity index (χ0v) is 12.6. The van der Waals surface area contributed by atoms with Gasteiger partial charge in [-0.25, -0.2) is 0 Å². The van der Waals surface area contributed by atoms with Crippen molar-refractivity contribution < 1.29 is 18.7 Å². The van der Waals surface area contributed by atoms with Crippen LogP contribution in [0.1, 0.15) is 18.6 Å². The van der Waals surface area contributed by atoms with E-state index in [1.54, 1.807) is 36.3 Å². The minimum Gasteiger partial charge on any atom is -0.467 e. The van der Waals surface area contributed by atoms with E-state index in [0.29, 0.717) is 32.7 Å². The Bertz CT molecular complexity index is 472. The van der Waals surface area contributed by atoms with Gasteiger partial charge in [0.05, 0.1) is 19.4 Å². The molecule has 2 rings (SSSR count). The van der Waals surface area contributed by atoms with Crippen LogP contribution >= 0.6 is 0 Å². The number of amides is 2. The number of carbonyl (C=O) groups is 2. The van der Waals surface area contributed by atoms with Gasteiger partial charge in [0.15, 0.2) is 0 Å². The standard InChI is InChI=1S/C15H22N2O4/c1-16-6-5-12(10-14(16)18)15(19)17(7-9-20-2)11-13-4-3-8-21-13/h3-4,8,12H,5-7,9-11H2,1-2H3/t12-/m1/s1. The third-order valence-corrected chi connectivity index (χ3v) is 3.81. The minimum absolute atomic E-state index is 0.00454. The van der Waals surface area contributed by atoms with Crippen molar-refractivity contribution in [3.63, 3.8) is 0 Å². The number of furan rings is 1. The minimum atomic E-state index is -0.236. The summed E-state index contributed by atoms with van der Waals surface area (Å²) in [7, 11) is 3.38. The summed E-state index contributed by atoms with van der Waals surface area (Å²) in [5, 5.41) is 0. The van der Waals surface area contributed by atoms with Gasteiger partial charge in [-0.15, -0.1) is 0 Å². The number of carbonyl (C=O) groups excluding carboxylic acids is 2. The maximum atomic E-state index is 12.6. The van der Waals surface area contributed by atoms with Crippen LogP contribution in [0.5, 0.6) is 0 Å². The Morgan fingerprint density at radius 3 is 3.00 bits per heavy atom. The zero-order valence-electron chi connectivity index (χ0n) is 12.6. The van der Waals surface area contributed by atoms with E-state index in [9.17, 15) is 9.59 Å². The fourth-order valence-electron chi connectivity index (χ4n) is 2.47. The number of piperidine rings is 1. The maximum absolute atomic E-state index is 12.6. The van der Waals surface area contributed by atoms with Gasteiger partial charge in [0.25, 0.3) is 0 Å². The van der Waals surface area contributed by atoms with Gasteiger partial charge in [-0.05, 0) is 18.6 Å². The van der Waals surface area contributed by atoms with E-state index in [0.717, 1.165) is 5.76 Å². The summed E-state index contributed by atoms with van der Waals surface area (Å²) in [6.45, 7) is 2.01. The predicted molar refractivity (Wildman–Crippen MR) is 76.4 cm³/mol. The fourth-order valence-corrected chi connectivity index (χ4v) is 2.47. The molecule has 6 nitrogen and oxygen atoms in total. The van der Waals surface area contributed by atoms with E-state index >= 15 is 0 Å². The molecule has 0 aromatic carbocycles. The molecule has 21 heavy (non-hydrogen) atoms. The Labute approximate surface area is 124 Å². The van der Waals surface area contributed by atoms with Crippen LogP contribution in [0.4, 0.5) is 0 Å². The molecule has 0 aliphatic carbocycles. The highest BCUT2D eigenvalue weighted by Gasteiger charge is 2.31. The third-order valence-electron chi connectivity index (χ3n) is 3.81. The molecule has 2 amide bonds. The average molecular weight is 294 g/mol. The lowest BCUT2D eigenvalue weighted by Gasteiger charge is -2.31. The van der Waals surface area contributed by atoms with Crippen molar-refractivity contribution in [2.45, 2.75) is 19.4 Å². The first-order chi connectivity index (χ1) is 10.1. The first kappa shape index (κ1) is 15.6. The molecule has 0 radical (unpaired) electrons. The van der Waals surface area contributed by atoms with Crippen LogP contribution in [0.15, 0.2) is 22.8 Å². The Morgan fingerprint density at radius 1 is 1.57 bits per heavy atom. The van der Waals surface area contributed by atoms with E-state index < -0.39 is 0 Å². The van der Waals surface area contributed by atoms with E-state index in [1.807, 2.05) is 6.07 Å². The van der Waals surface area contributed by atoms with E-state index in [-0.39, 0.29) is 24.2 Å². The van der Waals surface area contributed by atoms with E-state index in [4.69, 9.17) is 9.15 Å². The van der Waals surface area contributed by atoms with Gasteiger partial charge in [-0.1, -0.05) is 0 Å². The van der Waals surface area contributed by atoms with Crippen molar-refractivity contribution in [1.82, 2.24) is 9.80 Å². The number of hydrogen-bond acceptors (Lipinski definition) is 4. The monoisotopic (exact) mass is 294 g/mol. The second kappa shape index (κ2) is 7.26. The summed E-state index contributed by atoms with van der Waals surface area (Å²) in [5.41, 5.74) is 0. The molecule has 1 aromatic rings. The fraction of sp³-hybridized carbons (Fsp3) is 0.600.